The second-order valence-electron chi connectivity index (χ2n) is 4.90. The fourth-order valence-corrected chi connectivity index (χ4v) is 3.66. The molecule has 17 heavy (non-hydrogen) atoms. The molecule has 3 heteroatoms. The van der Waals surface area contributed by atoms with Crippen LogP contribution in [0, 0.1) is 0 Å². The highest BCUT2D eigenvalue weighted by molar-refractivity contribution is 9.10. The van der Waals surface area contributed by atoms with Gasteiger partial charge in [-0.1, -0.05) is 13.8 Å². The molecule has 1 aliphatic rings. The minimum Gasteiger partial charge on any atom is -0.506 e. The van der Waals surface area contributed by atoms with E-state index in [-0.39, 0.29) is 5.41 Å². The van der Waals surface area contributed by atoms with Gasteiger partial charge in [0.1, 0.15) is 5.75 Å². The van der Waals surface area contributed by atoms with Crippen molar-refractivity contribution in [3.05, 3.63) is 27.2 Å². The minimum atomic E-state index is 0.287. The first kappa shape index (κ1) is 12.9. The van der Waals surface area contributed by atoms with Crippen molar-refractivity contribution in [2.24, 2.45) is 5.73 Å². The van der Waals surface area contributed by atoms with E-state index in [1.54, 1.807) is 0 Å². The summed E-state index contributed by atoms with van der Waals surface area (Å²) < 4.78 is 0.782. The summed E-state index contributed by atoms with van der Waals surface area (Å²) in [6.07, 6.45) is 4.53. The Balaban J connectivity index is 2.66. The van der Waals surface area contributed by atoms with Crippen molar-refractivity contribution in [1.82, 2.24) is 0 Å². The maximum Gasteiger partial charge on any atom is 0.134 e. The van der Waals surface area contributed by atoms with Crippen LogP contribution in [0.5, 0.6) is 5.75 Å². The van der Waals surface area contributed by atoms with E-state index >= 15 is 0 Å². The number of rotatable bonds is 3. The molecule has 94 valence electrons. The van der Waals surface area contributed by atoms with Crippen LogP contribution >= 0.6 is 15.9 Å². The van der Waals surface area contributed by atoms with E-state index in [1.807, 2.05) is 0 Å². The van der Waals surface area contributed by atoms with Crippen LogP contribution in [0.4, 0.5) is 0 Å². The van der Waals surface area contributed by atoms with Crippen LogP contribution in [0.15, 0.2) is 10.5 Å². The van der Waals surface area contributed by atoms with Crippen LogP contribution in [0.1, 0.15) is 49.8 Å². The van der Waals surface area contributed by atoms with Gasteiger partial charge in [0.2, 0.25) is 0 Å². The van der Waals surface area contributed by atoms with Gasteiger partial charge in [-0.3, -0.25) is 0 Å². The number of fused-ring (bicyclic) bond motifs is 1. The van der Waals surface area contributed by atoms with E-state index in [1.165, 1.54) is 17.5 Å². The molecule has 3 N–H and O–H groups in total. The van der Waals surface area contributed by atoms with Gasteiger partial charge in [-0.25, -0.2) is 0 Å². The molecule has 2 rings (SSSR count). The lowest BCUT2D eigenvalue weighted by Crippen LogP contribution is -2.20. The molecule has 0 bridgehead atoms. The number of nitrogens with two attached hydrogens (primary N) is 1. The molecule has 0 aromatic heterocycles. The summed E-state index contributed by atoms with van der Waals surface area (Å²) >= 11 is 3.44. The van der Waals surface area contributed by atoms with Crippen LogP contribution in [0.3, 0.4) is 0 Å². The summed E-state index contributed by atoms with van der Waals surface area (Å²) in [5, 5.41) is 10.1. The van der Waals surface area contributed by atoms with Gasteiger partial charge in [-0.2, -0.15) is 0 Å². The molecule has 1 aromatic rings. The number of hydrogen-bond donors (Lipinski definition) is 2. The average molecular weight is 298 g/mol. The quantitative estimate of drug-likeness (QED) is 0.895. The summed E-state index contributed by atoms with van der Waals surface area (Å²) in [6.45, 7) is 4.92. The van der Waals surface area contributed by atoms with Crippen molar-refractivity contribution < 1.29 is 5.11 Å². The Hall–Kier alpha value is -0.540. The predicted molar refractivity (Wildman–Crippen MR) is 74.3 cm³/mol. The zero-order chi connectivity index (χ0) is 12.6. The van der Waals surface area contributed by atoms with Gasteiger partial charge in [0.05, 0.1) is 4.47 Å². The van der Waals surface area contributed by atoms with Crippen molar-refractivity contribution in [2.45, 2.75) is 51.5 Å². The van der Waals surface area contributed by atoms with Crippen LogP contribution in [-0.4, -0.2) is 5.11 Å². The molecular formula is C14H20BrNO. The third-order valence-electron chi connectivity index (χ3n) is 4.46. The van der Waals surface area contributed by atoms with Gasteiger partial charge in [-0.15, -0.1) is 0 Å². The van der Waals surface area contributed by atoms with Crippen molar-refractivity contribution in [3.63, 3.8) is 0 Å². The first-order chi connectivity index (χ1) is 8.09. The van der Waals surface area contributed by atoms with Gasteiger partial charge >= 0.3 is 0 Å². The molecule has 2 nitrogen and oxygen atoms in total. The molecule has 1 aliphatic carbocycles. The Bertz CT molecular complexity index is 438. The summed E-state index contributed by atoms with van der Waals surface area (Å²) in [4.78, 5) is 0. The summed E-state index contributed by atoms with van der Waals surface area (Å²) in [5.74, 6) is 0.328. The molecule has 0 saturated heterocycles. The first-order valence-electron chi connectivity index (χ1n) is 6.33. The maximum atomic E-state index is 10.1. The molecule has 0 spiro atoms. The van der Waals surface area contributed by atoms with Crippen molar-refractivity contribution in [3.8, 4) is 5.75 Å². The van der Waals surface area contributed by atoms with Gasteiger partial charge in [0.15, 0.2) is 0 Å². The third kappa shape index (κ3) is 1.80. The second kappa shape index (κ2) is 4.62. The van der Waals surface area contributed by atoms with E-state index in [0.717, 1.165) is 29.3 Å². The van der Waals surface area contributed by atoms with Crippen LogP contribution < -0.4 is 5.73 Å². The Morgan fingerprint density at radius 3 is 2.59 bits per heavy atom. The van der Waals surface area contributed by atoms with E-state index in [9.17, 15) is 5.11 Å². The normalized spacial score (nSPS) is 17.2. The molecule has 0 fully saturated rings. The smallest absolute Gasteiger partial charge is 0.134 e. The Kier molecular flexibility index (Phi) is 3.50. The summed E-state index contributed by atoms with van der Waals surface area (Å²) in [7, 11) is 0. The molecule has 0 aliphatic heterocycles. The minimum absolute atomic E-state index is 0.287. The number of phenolic OH excluding ortho intramolecular Hbond substituents is 1. The monoisotopic (exact) mass is 297 g/mol. The van der Waals surface area contributed by atoms with Gasteiger partial charge in [-0.05, 0) is 64.2 Å². The van der Waals surface area contributed by atoms with Crippen molar-refractivity contribution in [2.75, 3.05) is 0 Å². The van der Waals surface area contributed by atoms with Crippen LogP contribution in [0.25, 0.3) is 0 Å². The Morgan fingerprint density at radius 1 is 1.41 bits per heavy atom. The number of halogens is 1. The number of aromatic hydroxyl groups is 1. The largest absolute Gasteiger partial charge is 0.506 e. The van der Waals surface area contributed by atoms with E-state index in [4.69, 9.17) is 5.73 Å². The van der Waals surface area contributed by atoms with Gasteiger partial charge in [0.25, 0.3) is 0 Å². The zero-order valence-electron chi connectivity index (χ0n) is 10.5. The summed E-state index contributed by atoms with van der Waals surface area (Å²) in [6, 6.07) is 2.10. The number of phenols is 1. The molecule has 0 radical (unpaired) electrons. The van der Waals surface area contributed by atoms with Crippen LogP contribution in [-0.2, 0) is 18.4 Å². The standard InChI is InChI=1S/C14H20BrNO/c1-3-14(4-2)6-5-9-10(8-16)13(17)12(15)7-11(9)14/h7,17H,3-6,8,16H2,1-2H3. The third-order valence-corrected chi connectivity index (χ3v) is 5.06. The van der Waals surface area contributed by atoms with Crippen molar-refractivity contribution in [1.29, 1.82) is 0 Å². The molecule has 0 unspecified atom stereocenters. The second-order valence-corrected chi connectivity index (χ2v) is 5.76. The molecule has 1 aromatic carbocycles. The molecule has 0 atom stereocenters. The Labute approximate surface area is 111 Å². The summed E-state index contributed by atoms with van der Waals surface area (Å²) in [5.41, 5.74) is 9.68. The van der Waals surface area contributed by atoms with Gasteiger partial charge in [0, 0.05) is 12.1 Å². The SMILES string of the molecule is CCC1(CC)CCc2c1cc(Br)c(O)c2CN. The molecule has 0 heterocycles. The number of benzene rings is 1. The van der Waals surface area contributed by atoms with E-state index in [2.05, 4.69) is 35.8 Å². The molecule has 0 saturated carbocycles. The first-order valence-corrected chi connectivity index (χ1v) is 7.12. The fourth-order valence-electron chi connectivity index (χ4n) is 3.19. The lowest BCUT2D eigenvalue weighted by molar-refractivity contribution is 0.394. The highest BCUT2D eigenvalue weighted by Gasteiger charge is 2.37. The number of hydrogen-bond acceptors (Lipinski definition) is 2. The lowest BCUT2D eigenvalue weighted by Gasteiger charge is -2.28. The van der Waals surface area contributed by atoms with Crippen LogP contribution in [0.2, 0.25) is 0 Å². The van der Waals surface area contributed by atoms with Crippen molar-refractivity contribution >= 4 is 15.9 Å². The zero-order valence-corrected chi connectivity index (χ0v) is 12.1. The maximum absolute atomic E-state index is 10.1. The lowest BCUT2D eigenvalue weighted by atomic mass is 9.77. The fraction of sp³-hybridized carbons (Fsp3) is 0.571. The topological polar surface area (TPSA) is 46.2 Å². The Morgan fingerprint density at radius 2 is 2.06 bits per heavy atom. The predicted octanol–water partition coefficient (Wildman–Crippen LogP) is 3.62. The van der Waals surface area contributed by atoms with E-state index < -0.39 is 0 Å². The highest BCUT2D eigenvalue weighted by Crippen LogP contribution is 2.48. The average Bonchev–Trinajstić information content (AvgIpc) is 2.70. The molecule has 0 amide bonds. The molecular weight excluding hydrogens is 278 g/mol. The van der Waals surface area contributed by atoms with Gasteiger partial charge < -0.3 is 10.8 Å². The van der Waals surface area contributed by atoms with E-state index in [0.29, 0.717) is 12.3 Å². The highest BCUT2D eigenvalue weighted by atomic mass is 79.9.